The van der Waals surface area contributed by atoms with Crippen molar-refractivity contribution in [3.05, 3.63) is 114 Å². The molecular formula is C28H30NP. The smallest absolute Gasteiger partial charge is 0.0444 e. The average Bonchev–Trinajstić information content (AvgIpc) is 3.33. The topological polar surface area (TPSA) is 12.0 Å². The minimum absolute atomic E-state index is 0.451. The minimum atomic E-state index is -2.08. The Morgan fingerprint density at radius 2 is 1.30 bits per heavy atom. The number of nitrogens with one attached hydrogen (secondary N) is 1. The lowest BCUT2D eigenvalue weighted by Gasteiger charge is -2.34. The molecule has 0 saturated heterocycles. The van der Waals surface area contributed by atoms with Gasteiger partial charge in [0.1, 0.15) is 0 Å². The molecular weight excluding hydrogens is 381 g/mol. The highest BCUT2D eigenvalue weighted by Crippen LogP contribution is 2.50. The second-order valence-electron chi connectivity index (χ2n) is 7.99. The lowest BCUT2D eigenvalue weighted by Crippen LogP contribution is -2.27. The van der Waals surface area contributed by atoms with Crippen LogP contribution in [0.5, 0.6) is 0 Å². The SMILES string of the molecule is CCc1cccc(C(C)C)c1NP(=C1C=CC=C1)(c1ccccc1)c1ccccc1. The van der Waals surface area contributed by atoms with Crippen molar-refractivity contribution >= 4 is 28.6 Å². The number of aryl methyl sites for hydroxylation is 1. The molecule has 3 aromatic carbocycles. The molecule has 0 spiro atoms. The highest BCUT2D eigenvalue weighted by molar-refractivity contribution is 7.91. The molecule has 152 valence electrons. The van der Waals surface area contributed by atoms with Gasteiger partial charge in [0.05, 0.1) is 0 Å². The average molecular weight is 412 g/mol. The van der Waals surface area contributed by atoms with Crippen LogP contribution in [0.15, 0.2) is 103 Å². The quantitative estimate of drug-likeness (QED) is 0.447. The van der Waals surface area contributed by atoms with E-state index in [2.05, 4.69) is 129 Å². The maximum Gasteiger partial charge on any atom is 0.0444 e. The van der Waals surface area contributed by atoms with Gasteiger partial charge in [-0.3, -0.25) is 0 Å². The third kappa shape index (κ3) is 3.71. The first-order chi connectivity index (χ1) is 14.7. The summed E-state index contributed by atoms with van der Waals surface area (Å²) in [6, 6.07) is 28.7. The highest BCUT2D eigenvalue weighted by Gasteiger charge is 2.28. The Kier molecular flexibility index (Phi) is 6.11. The van der Waals surface area contributed by atoms with Gasteiger partial charge in [0, 0.05) is 12.7 Å². The Balaban J connectivity index is 2.08. The van der Waals surface area contributed by atoms with Crippen molar-refractivity contribution in [3.8, 4) is 0 Å². The van der Waals surface area contributed by atoms with Gasteiger partial charge in [0.25, 0.3) is 0 Å². The molecule has 0 radical (unpaired) electrons. The largest absolute Gasteiger partial charge is 0.358 e. The Morgan fingerprint density at radius 1 is 0.733 bits per heavy atom. The van der Waals surface area contributed by atoms with Crippen LogP contribution in [0.25, 0.3) is 0 Å². The van der Waals surface area contributed by atoms with E-state index in [4.69, 9.17) is 0 Å². The lowest BCUT2D eigenvalue weighted by molar-refractivity contribution is 0.866. The molecule has 1 N–H and O–H groups in total. The molecule has 0 bridgehead atoms. The molecule has 1 aliphatic rings. The van der Waals surface area contributed by atoms with Crippen molar-refractivity contribution in [3.63, 3.8) is 0 Å². The summed E-state index contributed by atoms with van der Waals surface area (Å²) in [4.78, 5) is 0. The van der Waals surface area contributed by atoms with Crippen molar-refractivity contribution < 1.29 is 0 Å². The van der Waals surface area contributed by atoms with Crippen LogP contribution < -0.4 is 15.7 Å². The van der Waals surface area contributed by atoms with Gasteiger partial charge in [-0.2, -0.15) is 0 Å². The summed E-state index contributed by atoms with van der Waals surface area (Å²) >= 11 is 0. The van der Waals surface area contributed by atoms with Crippen molar-refractivity contribution in [2.24, 2.45) is 0 Å². The van der Waals surface area contributed by atoms with Gasteiger partial charge >= 0.3 is 0 Å². The molecule has 0 atom stereocenters. The van der Waals surface area contributed by atoms with E-state index >= 15 is 0 Å². The summed E-state index contributed by atoms with van der Waals surface area (Å²) in [5.74, 6) is 0.451. The van der Waals surface area contributed by atoms with E-state index in [0.717, 1.165) is 6.42 Å². The molecule has 0 heterocycles. The Hall–Kier alpha value is -2.76. The third-order valence-electron chi connectivity index (χ3n) is 5.78. The number of hydrogen-bond acceptors (Lipinski definition) is 1. The summed E-state index contributed by atoms with van der Waals surface area (Å²) in [5, 5.41) is 8.27. The fourth-order valence-electron chi connectivity index (χ4n) is 4.23. The maximum atomic E-state index is 4.21. The van der Waals surface area contributed by atoms with E-state index < -0.39 is 7.04 Å². The number of rotatable bonds is 6. The van der Waals surface area contributed by atoms with Crippen LogP contribution in [0.4, 0.5) is 5.69 Å². The van der Waals surface area contributed by atoms with E-state index in [1.54, 1.807) is 0 Å². The summed E-state index contributed by atoms with van der Waals surface area (Å²) in [5.41, 5.74) is 4.07. The lowest BCUT2D eigenvalue weighted by atomic mass is 9.97. The molecule has 30 heavy (non-hydrogen) atoms. The van der Waals surface area contributed by atoms with Crippen LogP contribution in [-0.4, -0.2) is 5.29 Å². The van der Waals surface area contributed by atoms with Gasteiger partial charge in [-0.05, 0) is 39.4 Å². The van der Waals surface area contributed by atoms with Crippen molar-refractivity contribution in [1.82, 2.24) is 0 Å². The Morgan fingerprint density at radius 3 is 1.80 bits per heavy atom. The zero-order valence-electron chi connectivity index (χ0n) is 18.0. The van der Waals surface area contributed by atoms with Gasteiger partial charge in [0.2, 0.25) is 0 Å². The Bertz CT molecular complexity index is 1060. The molecule has 0 unspecified atom stereocenters. The van der Waals surface area contributed by atoms with Crippen LogP contribution in [0.1, 0.15) is 37.8 Å². The first kappa shape index (κ1) is 20.5. The van der Waals surface area contributed by atoms with Crippen molar-refractivity contribution in [1.29, 1.82) is 0 Å². The first-order valence-corrected chi connectivity index (χ1v) is 12.6. The van der Waals surface area contributed by atoms with E-state index in [1.807, 2.05) is 0 Å². The first-order valence-electron chi connectivity index (χ1n) is 10.8. The number of hydrogen-bond donors (Lipinski definition) is 1. The number of para-hydroxylation sites is 1. The third-order valence-corrected chi connectivity index (χ3v) is 9.56. The number of anilines is 1. The molecule has 0 amide bonds. The van der Waals surface area contributed by atoms with Gasteiger partial charge in [-0.25, -0.2) is 0 Å². The van der Waals surface area contributed by atoms with Gasteiger partial charge in [0.15, 0.2) is 0 Å². The van der Waals surface area contributed by atoms with E-state index in [0.29, 0.717) is 5.92 Å². The van der Waals surface area contributed by atoms with Crippen molar-refractivity contribution in [2.75, 3.05) is 5.09 Å². The summed E-state index contributed by atoms with van der Waals surface area (Å²) < 4.78 is 0. The van der Waals surface area contributed by atoms with Gasteiger partial charge < -0.3 is 5.09 Å². The van der Waals surface area contributed by atoms with Gasteiger partial charge in [-0.15, -0.1) is 0 Å². The highest BCUT2D eigenvalue weighted by atomic mass is 31.2. The molecule has 1 nitrogen and oxygen atoms in total. The van der Waals surface area contributed by atoms with Crippen LogP contribution in [0.2, 0.25) is 0 Å². The molecule has 0 fully saturated rings. The fourth-order valence-corrected chi connectivity index (χ4v) is 7.98. The molecule has 1 aliphatic carbocycles. The summed E-state index contributed by atoms with van der Waals surface area (Å²) in [6.07, 6.45) is 9.89. The predicted octanol–water partition coefficient (Wildman–Crippen LogP) is 6.67. The molecule has 0 saturated carbocycles. The molecule has 2 heteroatoms. The van der Waals surface area contributed by atoms with E-state index in [-0.39, 0.29) is 0 Å². The molecule has 0 aromatic heterocycles. The standard InChI is InChI=1S/C28H30NP/c1-4-23-14-13-21-27(22(2)3)28(23)29-30(26-19-11-12-20-26,24-15-7-5-8-16-24)25-17-9-6-10-18-25/h5-22,29H,4H2,1-3H3. The monoisotopic (exact) mass is 411 g/mol. The zero-order valence-corrected chi connectivity index (χ0v) is 18.9. The van der Waals surface area contributed by atoms with Crippen LogP contribution in [0, 0.1) is 0 Å². The summed E-state index contributed by atoms with van der Waals surface area (Å²) in [7, 11) is -2.08. The van der Waals surface area contributed by atoms with E-state index in [1.165, 1.54) is 32.7 Å². The fraction of sp³-hybridized carbons (Fsp3) is 0.179. The number of allylic oxidation sites excluding steroid dienone is 4. The second kappa shape index (κ2) is 8.94. The Labute approximate surface area is 181 Å². The van der Waals surface area contributed by atoms with Crippen LogP contribution >= 0.6 is 7.04 Å². The van der Waals surface area contributed by atoms with Crippen LogP contribution in [-0.2, 0) is 6.42 Å². The van der Waals surface area contributed by atoms with E-state index in [9.17, 15) is 0 Å². The zero-order chi connectivity index (χ0) is 21.0. The maximum absolute atomic E-state index is 4.21. The summed E-state index contributed by atoms with van der Waals surface area (Å²) in [6.45, 7) is 6.82. The van der Waals surface area contributed by atoms with Crippen LogP contribution in [0.3, 0.4) is 0 Å². The second-order valence-corrected chi connectivity index (χ2v) is 11.1. The predicted molar refractivity (Wildman–Crippen MR) is 136 cm³/mol. The normalized spacial score (nSPS) is 13.3. The molecule has 4 rings (SSSR count). The van der Waals surface area contributed by atoms with Gasteiger partial charge in [-0.1, -0.05) is 124 Å². The molecule has 0 aliphatic heterocycles. The molecule has 3 aromatic rings. The number of benzene rings is 3. The van der Waals surface area contributed by atoms with Crippen molar-refractivity contribution in [2.45, 2.75) is 33.1 Å². The minimum Gasteiger partial charge on any atom is -0.358 e.